The quantitative estimate of drug-likeness (QED) is 0.467. The predicted molar refractivity (Wildman–Crippen MR) is 99.1 cm³/mol. The third-order valence-electron chi connectivity index (χ3n) is 4.36. The highest BCUT2D eigenvalue weighted by molar-refractivity contribution is 7.89. The summed E-state index contributed by atoms with van der Waals surface area (Å²) in [6, 6.07) is 13.6. The van der Waals surface area contributed by atoms with E-state index in [2.05, 4.69) is 5.48 Å². The van der Waals surface area contributed by atoms with E-state index in [9.17, 15) is 13.2 Å². The van der Waals surface area contributed by atoms with Gasteiger partial charge in [0.2, 0.25) is 10.0 Å². The molecule has 2 atom stereocenters. The van der Waals surface area contributed by atoms with Crippen molar-refractivity contribution in [2.75, 3.05) is 13.7 Å². The first kappa shape index (κ1) is 20.2. The molecule has 2 aromatic carbocycles. The summed E-state index contributed by atoms with van der Waals surface area (Å²) < 4.78 is 32.8. The Labute approximate surface area is 162 Å². The van der Waals surface area contributed by atoms with E-state index in [0.717, 1.165) is 4.31 Å². The van der Waals surface area contributed by atoms with Crippen molar-refractivity contribution in [1.82, 2.24) is 15.3 Å². The maximum Gasteiger partial charge on any atom is 0.261 e. The molecular formula is C18H21N3O6S. The van der Waals surface area contributed by atoms with Gasteiger partial charge in [-0.05, 0) is 42.8 Å². The number of hydrogen-bond acceptors (Lipinski definition) is 7. The topological polar surface area (TPSA) is 117 Å². The molecule has 150 valence electrons. The van der Waals surface area contributed by atoms with E-state index < -0.39 is 22.0 Å². The molecule has 1 aliphatic rings. The van der Waals surface area contributed by atoms with Gasteiger partial charge in [-0.15, -0.1) is 0 Å². The fourth-order valence-corrected chi connectivity index (χ4v) is 4.72. The molecule has 1 aliphatic heterocycles. The SMILES string of the molecule is CON[C@@H]1C[C@H](C(=O)NO)N(S(=O)(=O)c2ccc(Oc3ccccc3)cc2)C1. The van der Waals surface area contributed by atoms with Gasteiger partial charge in [-0.3, -0.25) is 10.0 Å². The first-order valence-corrected chi connectivity index (χ1v) is 9.97. The Hall–Kier alpha value is -2.50. The first-order valence-electron chi connectivity index (χ1n) is 8.53. The zero-order chi connectivity index (χ0) is 20.1. The van der Waals surface area contributed by atoms with E-state index in [-0.39, 0.29) is 23.9 Å². The van der Waals surface area contributed by atoms with Crippen molar-refractivity contribution in [3.63, 3.8) is 0 Å². The number of carbonyl (C=O) groups excluding carboxylic acids is 1. The molecule has 2 aromatic rings. The molecule has 0 unspecified atom stereocenters. The van der Waals surface area contributed by atoms with E-state index in [1.165, 1.54) is 24.7 Å². The number of para-hydroxylation sites is 1. The summed E-state index contributed by atoms with van der Waals surface area (Å²) in [6.07, 6.45) is 0.161. The molecule has 1 heterocycles. The fraction of sp³-hybridized carbons (Fsp3) is 0.278. The van der Waals surface area contributed by atoms with Crippen LogP contribution >= 0.6 is 0 Å². The van der Waals surface area contributed by atoms with Crippen LogP contribution in [0.5, 0.6) is 11.5 Å². The van der Waals surface area contributed by atoms with Crippen LogP contribution in [0.4, 0.5) is 0 Å². The lowest BCUT2D eigenvalue weighted by Crippen LogP contribution is -2.45. The van der Waals surface area contributed by atoms with Crippen molar-refractivity contribution in [3.8, 4) is 11.5 Å². The largest absolute Gasteiger partial charge is 0.457 e. The highest BCUT2D eigenvalue weighted by Gasteiger charge is 2.44. The van der Waals surface area contributed by atoms with Crippen LogP contribution in [-0.2, 0) is 19.7 Å². The maximum atomic E-state index is 13.0. The van der Waals surface area contributed by atoms with Crippen LogP contribution in [0.3, 0.4) is 0 Å². The summed E-state index contributed by atoms with van der Waals surface area (Å²) in [5.41, 5.74) is 4.18. The summed E-state index contributed by atoms with van der Waals surface area (Å²) in [6.45, 7) is 0.0243. The lowest BCUT2D eigenvalue weighted by molar-refractivity contribution is -0.132. The minimum Gasteiger partial charge on any atom is -0.457 e. The van der Waals surface area contributed by atoms with Crippen LogP contribution in [0, 0.1) is 0 Å². The average Bonchev–Trinajstić information content (AvgIpc) is 3.14. The Kier molecular flexibility index (Phi) is 6.27. The van der Waals surface area contributed by atoms with Gasteiger partial charge >= 0.3 is 0 Å². The van der Waals surface area contributed by atoms with Crippen LogP contribution in [0.15, 0.2) is 59.5 Å². The lowest BCUT2D eigenvalue weighted by Gasteiger charge is -2.22. The van der Waals surface area contributed by atoms with Crippen LogP contribution in [0.1, 0.15) is 6.42 Å². The van der Waals surface area contributed by atoms with Crippen molar-refractivity contribution in [1.29, 1.82) is 0 Å². The zero-order valence-electron chi connectivity index (χ0n) is 15.1. The summed E-state index contributed by atoms with van der Waals surface area (Å²) in [5.74, 6) is 0.314. The number of benzene rings is 2. The van der Waals surface area contributed by atoms with Crippen molar-refractivity contribution < 1.29 is 28.0 Å². The van der Waals surface area contributed by atoms with Gasteiger partial charge in [0.05, 0.1) is 12.0 Å². The van der Waals surface area contributed by atoms with E-state index in [1.807, 2.05) is 18.2 Å². The van der Waals surface area contributed by atoms with Crippen molar-refractivity contribution in [2.24, 2.45) is 0 Å². The van der Waals surface area contributed by atoms with E-state index in [4.69, 9.17) is 14.8 Å². The summed E-state index contributed by atoms with van der Waals surface area (Å²) in [5, 5.41) is 8.95. The molecule has 1 fully saturated rings. The number of nitrogens with one attached hydrogen (secondary N) is 2. The van der Waals surface area contributed by atoms with Crippen LogP contribution < -0.4 is 15.7 Å². The second-order valence-electron chi connectivity index (χ2n) is 6.21. The smallest absolute Gasteiger partial charge is 0.261 e. The Bertz CT molecular complexity index is 905. The molecule has 9 nitrogen and oxygen atoms in total. The van der Waals surface area contributed by atoms with E-state index in [1.54, 1.807) is 24.3 Å². The molecule has 1 saturated heterocycles. The monoisotopic (exact) mass is 407 g/mol. The van der Waals surface area contributed by atoms with Gasteiger partial charge in [0.25, 0.3) is 5.91 Å². The molecule has 0 aromatic heterocycles. The highest BCUT2D eigenvalue weighted by Crippen LogP contribution is 2.29. The molecule has 3 N–H and O–H groups in total. The van der Waals surface area contributed by atoms with Crippen LogP contribution in [0.25, 0.3) is 0 Å². The van der Waals surface area contributed by atoms with Crippen molar-refractivity contribution in [2.45, 2.75) is 23.4 Å². The van der Waals surface area contributed by atoms with E-state index in [0.29, 0.717) is 11.5 Å². The van der Waals surface area contributed by atoms with Gasteiger partial charge in [-0.1, -0.05) is 18.2 Å². The first-order chi connectivity index (χ1) is 13.5. The summed E-state index contributed by atoms with van der Waals surface area (Å²) >= 11 is 0. The molecule has 0 spiro atoms. The molecular weight excluding hydrogens is 386 g/mol. The average molecular weight is 407 g/mol. The number of carbonyl (C=O) groups is 1. The number of ether oxygens (including phenoxy) is 1. The number of amides is 1. The lowest BCUT2D eigenvalue weighted by atomic mass is 10.2. The number of hydrogen-bond donors (Lipinski definition) is 3. The second-order valence-corrected chi connectivity index (χ2v) is 8.10. The highest BCUT2D eigenvalue weighted by atomic mass is 32.2. The molecule has 1 amide bonds. The molecule has 0 radical (unpaired) electrons. The van der Waals surface area contributed by atoms with Gasteiger partial charge in [0, 0.05) is 12.6 Å². The maximum absolute atomic E-state index is 13.0. The minimum atomic E-state index is -3.97. The minimum absolute atomic E-state index is 0.0155. The Balaban J connectivity index is 1.81. The van der Waals surface area contributed by atoms with Gasteiger partial charge in [-0.25, -0.2) is 13.9 Å². The second kappa shape index (κ2) is 8.67. The number of sulfonamides is 1. The third kappa shape index (κ3) is 4.32. The summed E-state index contributed by atoms with van der Waals surface area (Å²) in [7, 11) is -2.57. The van der Waals surface area contributed by atoms with Crippen molar-refractivity contribution >= 4 is 15.9 Å². The van der Waals surface area contributed by atoms with Crippen molar-refractivity contribution in [3.05, 3.63) is 54.6 Å². The molecule has 0 saturated carbocycles. The number of hydroxylamine groups is 2. The molecule has 0 aliphatic carbocycles. The van der Waals surface area contributed by atoms with Gasteiger partial charge in [0.1, 0.15) is 17.5 Å². The third-order valence-corrected chi connectivity index (χ3v) is 6.25. The predicted octanol–water partition coefficient (Wildman–Crippen LogP) is 1.27. The number of rotatable bonds is 7. The van der Waals surface area contributed by atoms with Gasteiger partial charge in [-0.2, -0.15) is 9.79 Å². The fourth-order valence-electron chi connectivity index (χ4n) is 3.08. The molecule has 10 heteroatoms. The van der Waals surface area contributed by atoms with E-state index >= 15 is 0 Å². The molecule has 0 bridgehead atoms. The number of nitrogens with zero attached hydrogens (tertiary/aromatic N) is 1. The Morgan fingerprint density at radius 1 is 1.11 bits per heavy atom. The van der Waals surface area contributed by atoms with Crippen LogP contribution in [0.2, 0.25) is 0 Å². The Morgan fingerprint density at radius 3 is 2.36 bits per heavy atom. The molecule has 3 rings (SSSR count). The molecule has 28 heavy (non-hydrogen) atoms. The summed E-state index contributed by atoms with van der Waals surface area (Å²) in [4.78, 5) is 16.8. The van der Waals surface area contributed by atoms with Gasteiger partial charge < -0.3 is 9.57 Å². The normalized spacial score (nSPS) is 20.1. The van der Waals surface area contributed by atoms with Gasteiger partial charge in [0.15, 0.2) is 0 Å². The van der Waals surface area contributed by atoms with Crippen LogP contribution in [-0.4, -0.2) is 49.6 Å². The standard InChI is InChI=1S/C18H21N3O6S/c1-26-20-13-11-17(18(22)19-23)21(12-13)28(24,25)16-9-7-15(8-10-16)27-14-5-3-2-4-6-14/h2-10,13,17,20,23H,11-12H2,1H3,(H,19,22)/t13-,17-/m1/s1. The zero-order valence-corrected chi connectivity index (χ0v) is 15.9. The Morgan fingerprint density at radius 2 is 1.75 bits per heavy atom.